The number of fused-ring (bicyclic) bond motifs is 1. The number of ketones is 1. The van der Waals surface area contributed by atoms with Crippen molar-refractivity contribution in [2.45, 2.75) is 25.9 Å². The lowest BCUT2D eigenvalue weighted by atomic mass is 9.98. The highest BCUT2D eigenvalue weighted by Gasteiger charge is 2.33. The molecule has 0 amide bonds. The number of halogens is 4. The van der Waals surface area contributed by atoms with Crippen LogP contribution in [0.4, 0.5) is 13.2 Å². The molecule has 0 aliphatic heterocycles. The van der Waals surface area contributed by atoms with E-state index >= 15 is 0 Å². The van der Waals surface area contributed by atoms with E-state index in [4.69, 9.17) is 25.8 Å². The third-order valence-electron chi connectivity index (χ3n) is 5.87. The number of benzene rings is 3. The number of hydrogen-bond donors (Lipinski definition) is 0. The summed E-state index contributed by atoms with van der Waals surface area (Å²) in [4.78, 5) is 17.0. The van der Waals surface area contributed by atoms with Crippen LogP contribution >= 0.6 is 11.6 Å². The first-order chi connectivity index (χ1) is 17.6. The van der Waals surface area contributed by atoms with Gasteiger partial charge in [0.1, 0.15) is 17.3 Å². The molecule has 37 heavy (non-hydrogen) atoms. The van der Waals surface area contributed by atoms with E-state index in [0.29, 0.717) is 28.5 Å². The molecule has 0 saturated carbocycles. The number of carbonyl (C=O) groups is 1. The Labute approximate surface area is 216 Å². The summed E-state index contributed by atoms with van der Waals surface area (Å²) in [6.07, 6.45) is -3.01. The highest BCUT2D eigenvalue weighted by molar-refractivity contribution is 6.31. The molecule has 192 valence electrons. The van der Waals surface area contributed by atoms with E-state index in [9.17, 15) is 18.0 Å². The number of methoxy groups -OCH3 is 2. The summed E-state index contributed by atoms with van der Waals surface area (Å²) in [7, 11) is 3.10. The van der Waals surface area contributed by atoms with Crippen molar-refractivity contribution in [3.8, 4) is 23.0 Å². The molecule has 9 heteroatoms. The predicted octanol–water partition coefficient (Wildman–Crippen LogP) is 7.38. The number of aryl methyl sites for hydroxylation is 1. The quantitative estimate of drug-likeness (QED) is 0.238. The van der Waals surface area contributed by atoms with E-state index in [-0.39, 0.29) is 24.2 Å². The van der Waals surface area contributed by atoms with Crippen LogP contribution < -0.4 is 14.2 Å². The van der Waals surface area contributed by atoms with Crippen LogP contribution in [0.1, 0.15) is 22.3 Å². The molecule has 0 spiro atoms. The van der Waals surface area contributed by atoms with Gasteiger partial charge in [-0.1, -0.05) is 23.7 Å². The Morgan fingerprint density at radius 3 is 2.32 bits per heavy atom. The third-order valence-corrected chi connectivity index (χ3v) is 6.20. The number of hydrogen-bond acceptors (Lipinski definition) is 5. The molecule has 1 heterocycles. The standard InChI is InChI=1S/C28H23ClF3NO4/c1-16-10-20(37-25-8-9-33-24-15-27(36-3)26(35-2)14-21(24)25)6-5-18(16)13-19(34)11-17-4-7-23(29)22(12-17)28(30,31)32/h4-10,12,14-15H,11,13H2,1-3H3. The van der Waals surface area contributed by atoms with Crippen LogP contribution in [0.2, 0.25) is 5.02 Å². The summed E-state index contributed by atoms with van der Waals surface area (Å²) in [6, 6.07) is 14.1. The summed E-state index contributed by atoms with van der Waals surface area (Å²) in [5.74, 6) is 2.01. The minimum atomic E-state index is -4.58. The van der Waals surface area contributed by atoms with Crippen molar-refractivity contribution >= 4 is 28.3 Å². The lowest BCUT2D eigenvalue weighted by Crippen LogP contribution is -2.10. The van der Waals surface area contributed by atoms with Crippen LogP contribution in [0.15, 0.2) is 60.8 Å². The van der Waals surface area contributed by atoms with Crippen molar-refractivity contribution in [2.75, 3.05) is 14.2 Å². The first-order valence-corrected chi connectivity index (χ1v) is 11.6. The van der Waals surface area contributed by atoms with Crippen LogP contribution in [0.5, 0.6) is 23.0 Å². The number of pyridine rings is 1. The maximum atomic E-state index is 13.1. The number of Topliss-reactive ketones (excluding diaryl/α,β-unsaturated/α-hetero) is 1. The van der Waals surface area contributed by atoms with Crippen molar-refractivity contribution in [3.05, 3.63) is 88.1 Å². The first kappa shape index (κ1) is 26.3. The Hall–Kier alpha value is -3.78. The second-order valence-corrected chi connectivity index (χ2v) is 8.84. The van der Waals surface area contributed by atoms with E-state index in [1.54, 1.807) is 56.8 Å². The third kappa shape index (κ3) is 5.97. The topological polar surface area (TPSA) is 57.7 Å². The average Bonchev–Trinajstić information content (AvgIpc) is 2.85. The number of alkyl halides is 3. The van der Waals surface area contributed by atoms with Crippen LogP contribution in [0.25, 0.3) is 10.9 Å². The van der Waals surface area contributed by atoms with Crippen molar-refractivity contribution in [1.82, 2.24) is 4.98 Å². The van der Waals surface area contributed by atoms with Crippen molar-refractivity contribution in [1.29, 1.82) is 0 Å². The zero-order valence-electron chi connectivity index (χ0n) is 20.3. The number of ether oxygens (including phenoxy) is 3. The predicted molar refractivity (Wildman–Crippen MR) is 135 cm³/mol. The van der Waals surface area contributed by atoms with Gasteiger partial charge in [-0.2, -0.15) is 13.2 Å². The van der Waals surface area contributed by atoms with Crippen LogP contribution in [-0.4, -0.2) is 25.0 Å². The fraction of sp³-hybridized carbons (Fsp3) is 0.214. The maximum absolute atomic E-state index is 13.1. The summed E-state index contributed by atoms with van der Waals surface area (Å²) in [5, 5.41) is 0.341. The average molecular weight is 530 g/mol. The smallest absolute Gasteiger partial charge is 0.417 e. The molecule has 0 aliphatic carbocycles. The highest BCUT2D eigenvalue weighted by Crippen LogP contribution is 2.37. The van der Waals surface area contributed by atoms with Gasteiger partial charge in [0.05, 0.1) is 30.3 Å². The molecule has 0 N–H and O–H groups in total. The van der Waals surface area contributed by atoms with Gasteiger partial charge in [-0.25, -0.2) is 0 Å². The zero-order chi connectivity index (χ0) is 26.7. The summed E-state index contributed by atoms with van der Waals surface area (Å²) < 4.78 is 56.2. The molecule has 3 aromatic carbocycles. The fourth-order valence-corrected chi connectivity index (χ4v) is 4.22. The zero-order valence-corrected chi connectivity index (χ0v) is 21.0. The van der Waals surface area contributed by atoms with Gasteiger partial charge in [0.2, 0.25) is 0 Å². The SMILES string of the molecule is COc1cc2nccc(Oc3ccc(CC(=O)Cc4ccc(Cl)c(C(F)(F)F)c4)c(C)c3)c2cc1OC. The van der Waals surface area contributed by atoms with Gasteiger partial charge in [0, 0.05) is 30.5 Å². The lowest BCUT2D eigenvalue weighted by Gasteiger charge is -2.14. The summed E-state index contributed by atoms with van der Waals surface area (Å²) >= 11 is 5.67. The van der Waals surface area contributed by atoms with E-state index in [0.717, 1.165) is 22.6 Å². The molecule has 0 unspecified atom stereocenters. The van der Waals surface area contributed by atoms with E-state index in [1.165, 1.54) is 12.1 Å². The van der Waals surface area contributed by atoms with E-state index in [1.807, 2.05) is 6.92 Å². The molecule has 0 aliphatic rings. The Bertz CT molecular complexity index is 1470. The number of rotatable bonds is 8. The van der Waals surface area contributed by atoms with Gasteiger partial charge >= 0.3 is 6.18 Å². The van der Waals surface area contributed by atoms with Gasteiger partial charge in [-0.3, -0.25) is 9.78 Å². The number of carbonyl (C=O) groups excluding carboxylic acids is 1. The Morgan fingerprint density at radius 1 is 0.919 bits per heavy atom. The van der Waals surface area contributed by atoms with Gasteiger partial charge < -0.3 is 14.2 Å². The first-order valence-electron chi connectivity index (χ1n) is 11.2. The van der Waals surface area contributed by atoms with Crippen molar-refractivity contribution in [2.24, 2.45) is 0 Å². The molecule has 0 radical (unpaired) electrons. The minimum Gasteiger partial charge on any atom is -0.493 e. The normalized spacial score (nSPS) is 11.4. The number of aromatic nitrogens is 1. The fourth-order valence-electron chi connectivity index (χ4n) is 4.00. The molecule has 5 nitrogen and oxygen atoms in total. The second-order valence-electron chi connectivity index (χ2n) is 8.43. The van der Waals surface area contributed by atoms with Crippen LogP contribution in [0.3, 0.4) is 0 Å². The molecule has 0 fully saturated rings. The van der Waals surface area contributed by atoms with Crippen molar-refractivity contribution in [3.63, 3.8) is 0 Å². The monoisotopic (exact) mass is 529 g/mol. The molecule has 1 aromatic heterocycles. The van der Waals surface area contributed by atoms with Crippen LogP contribution in [0, 0.1) is 6.92 Å². The van der Waals surface area contributed by atoms with Crippen LogP contribution in [-0.2, 0) is 23.8 Å². The highest BCUT2D eigenvalue weighted by atomic mass is 35.5. The van der Waals surface area contributed by atoms with E-state index in [2.05, 4.69) is 4.98 Å². The Morgan fingerprint density at radius 2 is 1.65 bits per heavy atom. The summed E-state index contributed by atoms with van der Waals surface area (Å²) in [5.41, 5.74) is 1.56. The maximum Gasteiger partial charge on any atom is 0.417 e. The van der Waals surface area contributed by atoms with Gasteiger partial charge in [0.25, 0.3) is 0 Å². The minimum absolute atomic E-state index is 0.0747. The number of nitrogens with zero attached hydrogens (tertiary/aromatic N) is 1. The molecule has 4 aromatic rings. The molecule has 4 rings (SSSR count). The second kappa shape index (κ2) is 10.7. The molecule has 0 bridgehead atoms. The Balaban J connectivity index is 1.50. The van der Waals surface area contributed by atoms with Gasteiger partial charge in [0.15, 0.2) is 11.5 Å². The van der Waals surface area contributed by atoms with Gasteiger partial charge in [-0.05, 0) is 60.0 Å². The van der Waals surface area contributed by atoms with Crippen molar-refractivity contribution < 1.29 is 32.2 Å². The van der Waals surface area contributed by atoms with E-state index < -0.39 is 16.8 Å². The molecular weight excluding hydrogens is 507 g/mol. The van der Waals surface area contributed by atoms with Gasteiger partial charge in [-0.15, -0.1) is 0 Å². The molecule has 0 saturated heterocycles. The largest absolute Gasteiger partial charge is 0.493 e. The molecular formula is C28H23ClF3NO4. The molecule has 0 atom stereocenters. The Kier molecular flexibility index (Phi) is 7.59. The lowest BCUT2D eigenvalue weighted by molar-refractivity contribution is -0.137. The summed E-state index contributed by atoms with van der Waals surface area (Å²) in [6.45, 7) is 1.85.